The van der Waals surface area contributed by atoms with Crippen molar-refractivity contribution in [3.8, 4) is 23.0 Å². The second-order valence-corrected chi connectivity index (χ2v) is 13.6. The van der Waals surface area contributed by atoms with Gasteiger partial charge in [0.15, 0.2) is 0 Å². The molecule has 2 fully saturated rings. The molecule has 0 bridgehead atoms. The Morgan fingerprint density at radius 2 is 0.958 bits per heavy atom. The monoisotopic (exact) mass is 648 g/mol. The number of hydrogen-bond donors (Lipinski definition) is 0. The highest BCUT2D eigenvalue weighted by Gasteiger charge is 2.41. The Morgan fingerprint density at radius 1 is 0.583 bits per heavy atom. The maximum atomic E-state index is 11.0. The third-order valence-corrected chi connectivity index (χ3v) is 10.8. The van der Waals surface area contributed by atoms with Crippen molar-refractivity contribution in [2.45, 2.75) is 83.0 Å². The van der Waals surface area contributed by atoms with Crippen LogP contribution in [0.1, 0.15) is 88.7 Å². The summed E-state index contributed by atoms with van der Waals surface area (Å²) in [7, 11) is 0. The highest BCUT2D eigenvalue weighted by atomic mass is 16.6. The van der Waals surface area contributed by atoms with E-state index in [4.69, 9.17) is 9.47 Å². The number of nitrogens with zero attached hydrogens (tertiary/aromatic N) is 2. The highest BCUT2D eigenvalue weighted by Crippen LogP contribution is 2.51. The molecular weight excluding hydrogens is 604 g/mol. The highest BCUT2D eigenvalue weighted by molar-refractivity contribution is 5.46. The summed E-state index contributed by atoms with van der Waals surface area (Å²) in [5, 5.41) is 22.1. The summed E-state index contributed by atoms with van der Waals surface area (Å²) in [5.41, 5.74) is 2.42. The summed E-state index contributed by atoms with van der Waals surface area (Å²) in [6.45, 7) is 2.29. The minimum atomic E-state index is -0.417. The van der Waals surface area contributed by atoms with Crippen LogP contribution in [-0.2, 0) is 5.41 Å². The summed E-state index contributed by atoms with van der Waals surface area (Å²) in [5.74, 6) is 4.98. The Hall–Kier alpha value is -4.72. The van der Waals surface area contributed by atoms with Gasteiger partial charge in [0.25, 0.3) is 11.4 Å². The van der Waals surface area contributed by atoms with Crippen LogP contribution in [0, 0.1) is 38.0 Å². The first-order valence-corrected chi connectivity index (χ1v) is 17.4. The lowest BCUT2D eigenvalue weighted by Crippen LogP contribution is -2.35. The Morgan fingerprint density at radius 3 is 1.33 bits per heavy atom. The molecule has 4 aromatic carbocycles. The molecule has 0 aliphatic heterocycles. The largest absolute Gasteiger partial charge is 0.457 e. The zero-order chi connectivity index (χ0) is 33.5. The van der Waals surface area contributed by atoms with Crippen molar-refractivity contribution in [1.82, 2.24) is 0 Å². The van der Waals surface area contributed by atoms with E-state index in [9.17, 15) is 20.2 Å². The van der Waals surface area contributed by atoms with Gasteiger partial charge in [-0.1, -0.05) is 63.3 Å². The maximum Gasteiger partial charge on any atom is 0.269 e. The minimum Gasteiger partial charge on any atom is -0.457 e. The summed E-state index contributed by atoms with van der Waals surface area (Å²) in [6, 6.07) is 28.9. The molecule has 0 atom stereocenters. The predicted molar refractivity (Wildman–Crippen MR) is 187 cm³/mol. The van der Waals surface area contributed by atoms with Crippen molar-refractivity contribution >= 4 is 11.4 Å². The van der Waals surface area contributed by atoms with E-state index in [0.717, 1.165) is 30.6 Å². The molecule has 250 valence electrons. The van der Waals surface area contributed by atoms with Crippen LogP contribution < -0.4 is 9.47 Å². The van der Waals surface area contributed by atoms with Crippen LogP contribution in [0.25, 0.3) is 0 Å². The minimum absolute atomic E-state index is 0.0314. The molecule has 0 aromatic heterocycles. The van der Waals surface area contributed by atoms with Crippen LogP contribution in [0.2, 0.25) is 0 Å². The molecule has 0 radical (unpaired) electrons. The number of ether oxygens (including phenoxy) is 2. The predicted octanol–water partition coefficient (Wildman–Crippen LogP) is 11.6. The first-order valence-electron chi connectivity index (χ1n) is 17.4. The van der Waals surface area contributed by atoms with Crippen LogP contribution in [-0.4, -0.2) is 9.85 Å². The van der Waals surface area contributed by atoms with E-state index in [-0.39, 0.29) is 16.8 Å². The summed E-state index contributed by atoms with van der Waals surface area (Å²) < 4.78 is 12.1. The first-order chi connectivity index (χ1) is 23.3. The van der Waals surface area contributed by atoms with Crippen molar-refractivity contribution in [3.05, 3.63) is 128 Å². The molecule has 6 rings (SSSR count). The van der Waals surface area contributed by atoms with Gasteiger partial charge in [0, 0.05) is 29.7 Å². The van der Waals surface area contributed by atoms with Gasteiger partial charge >= 0.3 is 0 Å². The SMILES string of the molecule is CCCCC1CCC(C2CCC(c3ccc(Oc4ccc([N+](=O)[O-])cc4)cc3)(c3ccc(Oc4ccc([N+](=O)[O-])cc4)cc3)CC2)CC1. The van der Waals surface area contributed by atoms with Gasteiger partial charge in [0.2, 0.25) is 0 Å². The third-order valence-electron chi connectivity index (χ3n) is 10.8. The smallest absolute Gasteiger partial charge is 0.269 e. The molecule has 2 saturated carbocycles. The van der Waals surface area contributed by atoms with Crippen LogP contribution in [0.4, 0.5) is 11.4 Å². The van der Waals surface area contributed by atoms with E-state index in [1.807, 2.05) is 24.3 Å². The van der Waals surface area contributed by atoms with E-state index < -0.39 is 9.85 Å². The molecule has 2 aliphatic rings. The Kier molecular flexibility index (Phi) is 10.4. The Balaban J connectivity index is 1.19. The van der Waals surface area contributed by atoms with E-state index in [1.165, 1.54) is 93.2 Å². The Labute approximate surface area is 282 Å². The third kappa shape index (κ3) is 7.70. The molecule has 0 N–H and O–H groups in total. The van der Waals surface area contributed by atoms with Gasteiger partial charge in [-0.2, -0.15) is 0 Å². The number of non-ortho nitro benzene ring substituents is 2. The molecule has 4 aromatic rings. The van der Waals surface area contributed by atoms with E-state index >= 15 is 0 Å². The van der Waals surface area contributed by atoms with Crippen molar-refractivity contribution < 1.29 is 19.3 Å². The fraction of sp³-hybridized carbons (Fsp3) is 0.400. The van der Waals surface area contributed by atoms with Gasteiger partial charge in [0.1, 0.15) is 23.0 Å². The van der Waals surface area contributed by atoms with Crippen LogP contribution in [0.15, 0.2) is 97.1 Å². The first kappa shape index (κ1) is 33.2. The molecule has 0 heterocycles. The summed E-state index contributed by atoms with van der Waals surface area (Å²) >= 11 is 0. The molecule has 2 aliphatic carbocycles. The zero-order valence-corrected chi connectivity index (χ0v) is 27.6. The topological polar surface area (TPSA) is 105 Å². The number of nitro benzene ring substituents is 2. The summed E-state index contributed by atoms with van der Waals surface area (Å²) in [4.78, 5) is 21.2. The molecule has 8 nitrogen and oxygen atoms in total. The lowest BCUT2D eigenvalue weighted by molar-refractivity contribution is -0.385. The average Bonchev–Trinajstić information content (AvgIpc) is 3.12. The average molecular weight is 649 g/mol. The van der Waals surface area contributed by atoms with Crippen molar-refractivity contribution in [1.29, 1.82) is 0 Å². The van der Waals surface area contributed by atoms with Gasteiger partial charge in [-0.05, 0) is 116 Å². The Bertz CT molecular complexity index is 1550. The number of rotatable bonds is 12. The number of nitro groups is 2. The standard InChI is InChI=1S/C40H44N2O6/c1-2-3-4-29-5-7-30(8-6-29)31-25-27-40(28-26-31,32-9-17-36(18-10-32)47-38-21-13-34(14-22-38)41(43)44)33-11-19-37(20-12-33)48-39-23-15-35(16-24-39)42(45)46/h9-24,29-31H,2-8,25-28H2,1H3. The molecule has 0 unspecified atom stereocenters. The van der Waals surface area contributed by atoms with Crippen LogP contribution in [0.3, 0.4) is 0 Å². The zero-order valence-electron chi connectivity index (χ0n) is 27.6. The number of hydrogen-bond acceptors (Lipinski definition) is 6. The fourth-order valence-corrected chi connectivity index (χ4v) is 8.02. The molecule has 0 saturated heterocycles. The number of benzene rings is 4. The van der Waals surface area contributed by atoms with Crippen LogP contribution >= 0.6 is 0 Å². The second kappa shape index (κ2) is 15.0. The van der Waals surface area contributed by atoms with Crippen molar-refractivity contribution in [3.63, 3.8) is 0 Å². The number of unbranched alkanes of at least 4 members (excludes halogenated alkanes) is 1. The molecule has 48 heavy (non-hydrogen) atoms. The van der Waals surface area contributed by atoms with Gasteiger partial charge in [-0.25, -0.2) is 0 Å². The van der Waals surface area contributed by atoms with Crippen molar-refractivity contribution in [2.24, 2.45) is 17.8 Å². The van der Waals surface area contributed by atoms with E-state index in [0.29, 0.717) is 23.0 Å². The van der Waals surface area contributed by atoms with E-state index in [1.54, 1.807) is 24.3 Å². The van der Waals surface area contributed by atoms with Crippen molar-refractivity contribution in [2.75, 3.05) is 0 Å². The molecular formula is C40H44N2O6. The van der Waals surface area contributed by atoms with Gasteiger partial charge in [-0.15, -0.1) is 0 Å². The lowest BCUT2D eigenvalue weighted by Gasteiger charge is -2.44. The molecule has 8 heteroatoms. The normalized spacial score (nSPS) is 19.4. The quantitative estimate of drug-likeness (QED) is 0.112. The lowest BCUT2D eigenvalue weighted by atomic mass is 9.60. The fourth-order valence-electron chi connectivity index (χ4n) is 8.02. The molecule has 0 spiro atoms. The maximum absolute atomic E-state index is 11.0. The molecule has 0 amide bonds. The summed E-state index contributed by atoms with van der Waals surface area (Å²) in [6.07, 6.45) is 14.1. The second-order valence-electron chi connectivity index (χ2n) is 13.6. The van der Waals surface area contributed by atoms with E-state index in [2.05, 4.69) is 31.2 Å². The van der Waals surface area contributed by atoms with Gasteiger partial charge in [-0.3, -0.25) is 20.2 Å². The van der Waals surface area contributed by atoms with Gasteiger partial charge < -0.3 is 9.47 Å². The van der Waals surface area contributed by atoms with Gasteiger partial charge in [0.05, 0.1) is 9.85 Å². The van der Waals surface area contributed by atoms with Crippen LogP contribution in [0.5, 0.6) is 23.0 Å².